The Morgan fingerprint density at radius 3 is 1.92 bits per heavy atom. The molecular weight excluding hydrogens is 466 g/mol. The normalized spacial score (nSPS) is 12.3. The van der Waals surface area contributed by atoms with Gasteiger partial charge in [0.25, 0.3) is 4.92 Å². The van der Waals surface area contributed by atoms with E-state index >= 15 is 0 Å². The highest BCUT2D eigenvalue weighted by Crippen LogP contribution is 2.22. The van der Waals surface area contributed by atoms with Crippen LogP contribution in [-0.2, 0) is 12.6 Å². The van der Waals surface area contributed by atoms with Crippen molar-refractivity contribution >= 4 is 15.8 Å². The van der Waals surface area contributed by atoms with E-state index in [1.54, 1.807) is 18.2 Å². The van der Waals surface area contributed by atoms with E-state index in [0.29, 0.717) is 3.57 Å². The van der Waals surface area contributed by atoms with Gasteiger partial charge in [-0.1, -0.05) is 18.2 Å². The Balaban J connectivity index is 2.46. The summed E-state index contributed by atoms with van der Waals surface area (Å²) in [5.74, 6) is 0. The molecule has 129 valence electrons. The Bertz CT molecular complexity index is 825. The van der Waals surface area contributed by atoms with Gasteiger partial charge in [-0.25, -0.2) is 5.21 Å². The SMILES string of the molecule is O=[N+](O)c1ccc([I+](OS(=O)(=O)C(F)(F)F)c2ccccc2)cc1. The lowest BCUT2D eigenvalue weighted by atomic mass is 10.3. The van der Waals surface area contributed by atoms with Gasteiger partial charge in [-0.3, -0.25) is 0 Å². The predicted octanol–water partition coefficient (Wildman–Crippen LogP) is -0.0685. The van der Waals surface area contributed by atoms with Crippen LogP contribution < -0.4 is 20.2 Å². The predicted molar refractivity (Wildman–Crippen MR) is 71.4 cm³/mol. The Hall–Kier alpha value is -1.73. The third kappa shape index (κ3) is 4.21. The van der Waals surface area contributed by atoms with Crippen molar-refractivity contribution in [2.75, 3.05) is 0 Å². The van der Waals surface area contributed by atoms with Gasteiger partial charge in [-0.05, 0) is 26.8 Å². The van der Waals surface area contributed by atoms with Crippen LogP contribution in [0, 0.1) is 12.0 Å². The lowest BCUT2D eigenvalue weighted by Crippen LogP contribution is -3.85. The molecule has 1 radical (unpaired) electrons. The minimum Gasteiger partial charge on any atom is -0.241 e. The molecule has 24 heavy (non-hydrogen) atoms. The highest BCUT2D eigenvalue weighted by Gasteiger charge is 2.54. The van der Waals surface area contributed by atoms with Crippen molar-refractivity contribution < 1.29 is 54.5 Å². The molecule has 2 rings (SSSR count). The zero-order valence-electron chi connectivity index (χ0n) is 11.6. The Labute approximate surface area is 142 Å². The van der Waals surface area contributed by atoms with Crippen LogP contribution in [0.2, 0.25) is 0 Å². The monoisotopic (exact) mass is 476 g/mol. The molecule has 0 aliphatic heterocycles. The second kappa shape index (κ2) is 7.03. The lowest BCUT2D eigenvalue weighted by Gasteiger charge is -2.07. The van der Waals surface area contributed by atoms with Gasteiger partial charge < -0.3 is 0 Å². The first-order valence-corrected chi connectivity index (χ1v) is 10.6. The van der Waals surface area contributed by atoms with Gasteiger partial charge in [0.2, 0.25) is 0 Å². The summed E-state index contributed by atoms with van der Waals surface area (Å²) in [5.41, 5.74) is -5.68. The molecule has 0 aliphatic carbocycles. The molecular formula is C13H10F3INO5S+2. The van der Waals surface area contributed by atoms with E-state index in [1.807, 2.05) is 0 Å². The fourth-order valence-corrected chi connectivity index (χ4v) is 7.99. The molecule has 11 heteroatoms. The summed E-state index contributed by atoms with van der Waals surface area (Å²) in [6.07, 6.45) is 0. The average molecular weight is 476 g/mol. The van der Waals surface area contributed by atoms with Crippen molar-refractivity contribution in [3.63, 3.8) is 0 Å². The molecule has 2 aromatic rings. The third-order valence-electron chi connectivity index (χ3n) is 2.61. The molecule has 6 nitrogen and oxygen atoms in total. The molecule has 0 atom stereocenters. The number of hydrogen-bond acceptors (Lipinski definition) is 4. The maximum absolute atomic E-state index is 12.6. The number of hydrogen-bond donors (Lipinski definition) is 1. The van der Waals surface area contributed by atoms with Crippen LogP contribution in [0.4, 0.5) is 18.9 Å². The van der Waals surface area contributed by atoms with Gasteiger partial charge in [-0.2, -0.15) is 21.6 Å². The fourth-order valence-electron chi connectivity index (χ4n) is 1.53. The van der Waals surface area contributed by atoms with Gasteiger partial charge in [-0.15, -0.1) is 0 Å². The number of halogens is 4. The summed E-state index contributed by atoms with van der Waals surface area (Å²) in [6.45, 7) is 0. The molecule has 0 unspecified atom stereocenters. The van der Waals surface area contributed by atoms with Gasteiger partial charge in [0.1, 0.15) is 0 Å². The van der Waals surface area contributed by atoms with Crippen molar-refractivity contribution in [3.05, 3.63) is 66.6 Å². The zero-order valence-corrected chi connectivity index (χ0v) is 14.6. The van der Waals surface area contributed by atoms with Crippen molar-refractivity contribution in [1.29, 1.82) is 0 Å². The number of nitrogens with zero attached hydrogens (tertiary/aromatic N) is 1. The summed E-state index contributed by atoms with van der Waals surface area (Å²) in [5, 5.41) is 8.78. The van der Waals surface area contributed by atoms with Gasteiger partial charge >= 0.3 is 41.5 Å². The highest BCUT2D eigenvalue weighted by atomic mass is 127. The Morgan fingerprint density at radius 2 is 1.46 bits per heavy atom. The smallest absolute Gasteiger partial charge is 0.241 e. The summed E-state index contributed by atoms with van der Waals surface area (Å²) in [4.78, 5) is 10.3. The molecule has 0 aliphatic rings. The van der Waals surface area contributed by atoms with Crippen molar-refractivity contribution in [1.82, 2.24) is 0 Å². The van der Waals surface area contributed by atoms with E-state index in [4.69, 9.17) is 5.21 Å². The van der Waals surface area contributed by atoms with Crippen LogP contribution in [0.25, 0.3) is 0 Å². The molecule has 0 saturated heterocycles. The quantitative estimate of drug-likeness (QED) is 0.372. The first-order valence-electron chi connectivity index (χ1n) is 6.14. The van der Waals surface area contributed by atoms with Crippen molar-refractivity contribution in [2.45, 2.75) is 5.51 Å². The molecule has 0 heterocycles. The van der Waals surface area contributed by atoms with Gasteiger partial charge in [0, 0.05) is 12.1 Å². The molecule has 0 amide bonds. The van der Waals surface area contributed by atoms with Crippen LogP contribution >= 0.6 is 0 Å². The maximum atomic E-state index is 12.6. The second-order valence-corrected chi connectivity index (χ2v) is 10.7. The van der Waals surface area contributed by atoms with E-state index in [0.717, 1.165) is 12.1 Å². The highest BCUT2D eigenvalue weighted by molar-refractivity contribution is 7.87. The number of benzene rings is 2. The first kappa shape index (κ1) is 18.6. The molecule has 0 saturated carbocycles. The largest absolute Gasteiger partial charge is 0.526 e. The molecule has 0 spiro atoms. The van der Waals surface area contributed by atoms with E-state index in [9.17, 15) is 26.5 Å². The van der Waals surface area contributed by atoms with Crippen LogP contribution in [0.1, 0.15) is 0 Å². The van der Waals surface area contributed by atoms with Crippen LogP contribution in [0.15, 0.2) is 54.6 Å². The van der Waals surface area contributed by atoms with E-state index in [1.165, 1.54) is 24.3 Å². The Morgan fingerprint density at radius 1 is 0.958 bits per heavy atom. The standard InChI is InChI=1S/C13H10F3INO5S/c14-13(15,16)24(21,22)23-17(10-4-2-1-3-5-10)11-6-8-12(9-7-11)18(19)20/h1-9H,(H,19,20)/q+2. The third-order valence-corrected chi connectivity index (χ3v) is 9.67. The van der Waals surface area contributed by atoms with E-state index < -0.39 is 40.8 Å². The lowest BCUT2D eigenvalue weighted by molar-refractivity contribution is -1.03. The number of alkyl halides is 3. The van der Waals surface area contributed by atoms with Crippen LogP contribution in [-0.4, -0.2) is 24.1 Å². The van der Waals surface area contributed by atoms with Crippen LogP contribution in [0.3, 0.4) is 0 Å². The summed E-state index contributed by atoms with van der Waals surface area (Å²) >= 11 is -3.45. The molecule has 0 bridgehead atoms. The van der Waals surface area contributed by atoms with Crippen molar-refractivity contribution in [3.8, 4) is 0 Å². The molecule has 1 N–H and O–H groups in total. The topological polar surface area (TPSA) is 83.7 Å². The van der Waals surface area contributed by atoms with Crippen LogP contribution in [0.5, 0.6) is 0 Å². The van der Waals surface area contributed by atoms with E-state index in [-0.39, 0.29) is 9.26 Å². The summed E-state index contributed by atoms with van der Waals surface area (Å²) in [7, 11) is -5.77. The van der Waals surface area contributed by atoms with Crippen molar-refractivity contribution in [2.24, 2.45) is 0 Å². The summed E-state index contributed by atoms with van der Waals surface area (Å²) in [6, 6.07) is 12.5. The molecule has 0 fully saturated rings. The number of rotatable bonds is 5. The molecule has 2 aromatic carbocycles. The first-order chi connectivity index (χ1) is 11.1. The minimum atomic E-state index is -5.77. The summed E-state index contributed by atoms with van der Waals surface area (Å²) < 4.78 is 65.7. The van der Waals surface area contributed by atoms with Gasteiger partial charge in [0.15, 0.2) is 7.14 Å². The van der Waals surface area contributed by atoms with E-state index in [2.05, 4.69) is 2.51 Å². The zero-order chi connectivity index (χ0) is 18.0. The minimum absolute atomic E-state index is 0.152. The average Bonchev–Trinajstić information content (AvgIpc) is 2.52. The fraction of sp³-hybridized carbons (Fsp3) is 0.0769. The molecule has 0 aromatic heterocycles. The second-order valence-electron chi connectivity index (χ2n) is 4.26. The maximum Gasteiger partial charge on any atom is 0.526 e. The van der Waals surface area contributed by atoms with Gasteiger partial charge in [0.05, 0.1) is 4.91 Å². The Kier molecular flexibility index (Phi) is 5.45.